The summed E-state index contributed by atoms with van der Waals surface area (Å²) >= 11 is 0. The zero-order chi connectivity index (χ0) is 31.4. The molecule has 10 heteroatoms. The lowest BCUT2D eigenvalue weighted by Gasteiger charge is -2.17. The third kappa shape index (κ3) is 7.60. The number of benzene rings is 4. The Hall–Kier alpha value is -4.93. The normalized spacial score (nSPS) is 13.1. The van der Waals surface area contributed by atoms with Crippen LogP contribution in [0.4, 0.5) is 0 Å². The molecule has 230 valence electrons. The van der Waals surface area contributed by atoms with Gasteiger partial charge in [-0.2, -0.15) is 8.42 Å². The van der Waals surface area contributed by atoms with Crippen LogP contribution in [-0.2, 0) is 34.2 Å². The minimum Gasteiger partial charge on any atom is -0.456 e. The van der Waals surface area contributed by atoms with Crippen molar-refractivity contribution in [2.75, 3.05) is 19.1 Å². The summed E-state index contributed by atoms with van der Waals surface area (Å²) < 4.78 is 47.7. The fourth-order valence-electron chi connectivity index (χ4n) is 5.38. The van der Waals surface area contributed by atoms with Gasteiger partial charge in [-0.25, -0.2) is 0 Å². The molecule has 0 saturated carbocycles. The molecular formula is C35H31NO8S. The maximum absolute atomic E-state index is 13.8. The molecule has 1 atom stereocenters. The molecule has 1 aliphatic rings. The summed E-state index contributed by atoms with van der Waals surface area (Å²) in [5.41, 5.74) is 4.83. The van der Waals surface area contributed by atoms with E-state index in [4.69, 9.17) is 18.4 Å². The number of ether oxygens (including phenoxy) is 2. The fraction of sp³-hybridized carbons (Fsp3) is 0.200. The molecule has 0 bridgehead atoms. The van der Waals surface area contributed by atoms with Crippen LogP contribution in [0, 0.1) is 5.92 Å². The van der Waals surface area contributed by atoms with Gasteiger partial charge in [0.05, 0.1) is 5.75 Å². The van der Waals surface area contributed by atoms with E-state index in [1.807, 2.05) is 72.8 Å². The van der Waals surface area contributed by atoms with Gasteiger partial charge in [0.15, 0.2) is 11.5 Å². The van der Waals surface area contributed by atoms with Gasteiger partial charge in [0.25, 0.3) is 16.0 Å². The average molecular weight is 626 g/mol. The van der Waals surface area contributed by atoms with E-state index in [2.05, 4.69) is 5.32 Å². The summed E-state index contributed by atoms with van der Waals surface area (Å²) in [6, 6.07) is 30.2. The first kappa shape index (κ1) is 30.1. The molecule has 1 unspecified atom stereocenters. The summed E-state index contributed by atoms with van der Waals surface area (Å²) in [5, 5.41) is 3.51. The van der Waals surface area contributed by atoms with Gasteiger partial charge in [0, 0.05) is 35.4 Å². The Morgan fingerprint density at radius 1 is 0.800 bits per heavy atom. The number of hydrogen-bond donors (Lipinski definition) is 2. The summed E-state index contributed by atoms with van der Waals surface area (Å²) in [7, 11) is -4.17. The zero-order valence-corrected chi connectivity index (χ0v) is 25.1. The first-order valence-electron chi connectivity index (χ1n) is 14.5. The predicted molar refractivity (Wildman–Crippen MR) is 169 cm³/mol. The molecule has 0 radical (unpaired) electrons. The van der Waals surface area contributed by atoms with Crippen molar-refractivity contribution in [3.8, 4) is 22.8 Å². The fourth-order valence-corrected chi connectivity index (χ4v) is 5.74. The number of carbonyl (C=O) groups is 2. The van der Waals surface area contributed by atoms with Gasteiger partial charge in [-0.05, 0) is 65.9 Å². The largest absolute Gasteiger partial charge is 0.456 e. The zero-order valence-electron chi connectivity index (χ0n) is 24.3. The topological polar surface area (TPSA) is 132 Å². The minimum absolute atomic E-state index is 0.0798. The molecule has 1 aromatic heterocycles. The van der Waals surface area contributed by atoms with Gasteiger partial charge >= 0.3 is 0 Å². The molecule has 1 aliphatic heterocycles. The number of Topliss-reactive ketones (excluding diaryl/α,β-unsaturated/α-hetero) is 1. The molecule has 1 amide bonds. The Labute approximate surface area is 260 Å². The molecule has 0 saturated heterocycles. The SMILES string of the molecule is O=C(NCCS(=O)(=O)O)c1ccc(CC(Cc2ccc3c(c2)OCO3)C(=O)Cc2ccc(-c3cc4ccccc4o3)cc2)cc1. The summed E-state index contributed by atoms with van der Waals surface area (Å²) in [4.78, 5) is 26.2. The van der Waals surface area contributed by atoms with E-state index < -0.39 is 21.8 Å². The lowest BCUT2D eigenvalue weighted by Crippen LogP contribution is -2.28. The summed E-state index contributed by atoms with van der Waals surface area (Å²) in [6.45, 7) is -0.0360. The van der Waals surface area contributed by atoms with Crippen LogP contribution in [0.5, 0.6) is 11.5 Å². The number of nitrogens with one attached hydrogen (secondary N) is 1. The maximum Gasteiger partial charge on any atom is 0.266 e. The number of hydrogen-bond acceptors (Lipinski definition) is 7. The number of amides is 1. The van der Waals surface area contributed by atoms with Crippen LogP contribution >= 0.6 is 0 Å². The Kier molecular flexibility index (Phi) is 8.68. The molecule has 0 spiro atoms. The molecule has 2 heterocycles. The Morgan fingerprint density at radius 2 is 1.49 bits per heavy atom. The van der Waals surface area contributed by atoms with Crippen molar-refractivity contribution in [3.05, 3.63) is 119 Å². The first-order chi connectivity index (χ1) is 21.7. The standard InChI is InChI=1S/C35H31NO8S/c37-30(19-24-5-10-26(11-6-24)33-21-28-3-1-2-4-31(28)44-33)29(18-25-9-14-32-34(20-25)43-22-42-32)17-23-7-12-27(13-8-23)35(38)36-15-16-45(39,40)41/h1-14,20-21,29H,15-19,22H2,(H,36,38)(H,39,40,41). The molecule has 4 aromatic carbocycles. The molecular weight excluding hydrogens is 594 g/mol. The second-order valence-corrected chi connectivity index (χ2v) is 12.6. The Morgan fingerprint density at radius 3 is 2.24 bits per heavy atom. The lowest BCUT2D eigenvalue weighted by atomic mass is 9.86. The van der Waals surface area contributed by atoms with Gasteiger partial charge in [-0.3, -0.25) is 14.1 Å². The third-order valence-corrected chi connectivity index (χ3v) is 8.48. The van der Waals surface area contributed by atoms with E-state index in [-0.39, 0.29) is 31.5 Å². The van der Waals surface area contributed by atoms with Crippen molar-refractivity contribution < 1.29 is 36.5 Å². The van der Waals surface area contributed by atoms with Crippen molar-refractivity contribution in [3.63, 3.8) is 0 Å². The van der Waals surface area contributed by atoms with E-state index in [1.165, 1.54) is 0 Å². The quantitative estimate of drug-likeness (QED) is 0.170. The van der Waals surface area contributed by atoms with E-state index in [0.717, 1.165) is 39.0 Å². The van der Waals surface area contributed by atoms with Crippen LogP contribution in [0.15, 0.2) is 101 Å². The number of furan rings is 1. The number of carbonyl (C=O) groups excluding carboxylic acids is 2. The van der Waals surface area contributed by atoms with E-state index in [9.17, 15) is 18.0 Å². The van der Waals surface area contributed by atoms with E-state index in [1.54, 1.807) is 24.3 Å². The molecule has 5 aromatic rings. The maximum atomic E-state index is 13.8. The van der Waals surface area contributed by atoms with Gasteiger partial charge < -0.3 is 19.2 Å². The third-order valence-electron chi connectivity index (χ3n) is 7.76. The lowest BCUT2D eigenvalue weighted by molar-refractivity contribution is -0.122. The highest BCUT2D eigenvalue weighted by molar-refractivity contribution is 7.85. The van der Waals surface area contributed by atoms with Gasteiger partial charge in [0.1, 0.15) is 17.1 Å². The van der Waals surface area contributed by atoms with Gasteiger partial charge in [-0.15, -0.1) is 0 Å². The van der Waals surface area contributed by atoms with Crippen LogP contribution in [0.2, 0.25) is 0 Å². The smallest absolute Gasteiger partial charge is 0.266 e. The Balaban J connectivity index is 1.16. The highest BCUT2D eigenvalue weighted by Crippen LogP contribution is 2.34. The molecule has 9 nitrogen and oxygen atoms in total. The summed E-state index contributed by atoms with van der Waals surface area (Å²) in [6.07, 6.45) is 1.20. The van der Waals surface area contributed by atoms with E-state index in [0.29, 0.717) is 29.9 Å². The highest BCUT2D eigenvalue weighted by Gasteiger charge is 2.22. The Bertz CT molecular complexity index is 1910. The monoisotopic (exact) mass is 625 g/mol. The second kappa shape index (κ2) is 13.0. The number of para-hydroxylation sites is 1. The van der Waals surface area contributed by atoms with Crippen LogP contribution in [-0.4, -0.2) is 43.8 Å². The molecule has 0 fully saturated rings. The van der Waals surface area contributed by atoms with Crippen LogP contribution in [0.25, 0.3) is 22.3 Å². The van der Waals surface area contributed by atoms with Crippen molar-refractivity contribution in [2.24, 2.45) is 5.92 Å². The van der Waals surface area contributed by atoms with Crippen molar-refractivity contribution in [1.29, 1.82) is 0 Å². The average Bonchev–Trinajstić information content (AvgIpc) is 3.68. The summed E-state index contributed by atoms with van der Waals surface area (Å²) in [5.74, 6) is 0.810. The number of rotatable bonds is 12. The van der Waals surface area contributed by atoms with Gasteiger partial charge in [0.2, 0.25) is 6.79 Å². The van der Waals surface area contributed by atoms with Crippen LogP contribution in [0.1, 0.15) is 27.0 Å². The van der Waals surface area contributed by atoms with Crippen LogP contribution in [0.3, 0.4) is 0 Å². The van der Waals surface area contributed by atoms with Crippen molar-refractivity contribution in [1.82, 2.24) is 5.32 Å². The van der Waals surface area contributed by atoms with Crippen molar-refractivity contribution >= 4 is 32.8 Å². The molecule has 2 N–H and O–H groups in total. The van der Waals surface area contributed by atoms with Crippen LogP contribution < -0.4 is 14.8 Å². The van der Waals surface area contributed by atoms with Gasteiger partial charge in [-0.1, -0.05) is 60.7 Å². The van der Waals surface area contributed by atoms with E-state index >= 15 is 0 Å². The predicted octanol–water partition coefficient (Wildman–Crippen LogP) is 5.66. The first-order valence-corrected chi connectivity index (χ1v) is 16.1. The minimum atomic E-state index is -4.17. The molecule has 0 aliphatic carbocycles. The number of ketones is 1. The molecule has 45 heavy (non-hydrogen) atoms. The van der Waals surface area contributed by atoms with Crippen molar-refractivity contribution in [2.45, 2.75) is 19.3 Å². The number of fused-ring (bicyclic) bond motifs is 2. The molecule has 6 rings (SSSR count). The second-order valence-electron chi connectivity index (χ2n) is 11.0. The highest BCUT2D eigenvalue weighted by atomic mass is 32.2.